The Balaban J connectivity index is 1.96. The number of nitro benzene ring substituents is 1. The third-order valence-corrected chi connectivity index (χ3v) is 4.04. The van der Waals surface area contributed by atoms with E-state index in [9.17, 15) is 10.1 Å². The minimum Gasteiger partial charge on any atom is -0.258 e. The van der Waals surface area contributed by atoms with Gasteiger partial charge in [0.25, 0.3) is 5.69 Å². The molecule has 0 aliphatic carbocycles. The molecule has 0 aliphatic rings. The fraction of sp³-hybridized carbons (Fsp3) is 0. The van der Waals surface area contributed by atoms with Crippen LogP contribution in [0.25, 0.3) is 34.2 Å². The van der Waals surface area contributed by atoms with Crippen LogP contribution in [0.4, 0.5) is 5.69 Å². The summed E-state index contributed by atoms with van der Waals surface area (Å²) in [6.07, 6.45) is 0. The van der Waals surface area contributed by atoms with Crippen LogP contribution in [0.15, 0.2) is 84.9 Å². The second-order valence-electron chi connectivity index (χ2n) is 5.81. The number of benzene rings is 3. The van der Waals surface area contributed by atoms with Crippen LogP contribution in [-0.4, -0.2) is 19.9 Å². The summed E-state index contributed by atoms with van der Waals surface area (Å²) in [5.41, 5.74) is 1.95. The quantitative estimate of drug-likeness (QED) is 0.389. The predicted molar refractivity (Wildman–Crippen MR) is 103 cm³/mol. The summed E-state index contributed by atoms with van der Waals surface area (Å²) in [6.45, 7) is 0. The molecule has 0 radical (unpaired) electrons. The normalized spacial score (nSPS) is 10.5. The third kappa shape index (κ3) is 3.41. The van der Waals surface area contributed by atoms with Gasteiger partial charge in [0.15, 0.2) is 17.5 Å². The van der Waals surface area contributed by atoms with Crippen LogP contribution >= 0.6 is 0 Å². The van der Waals surface area contributed by atoms with E-state index in [-0.39, 0.29) is 11.5 Å². The van der Waals surface area contributed by atoms with E-state index in [1.165, 1.54) is 6.07 Å². The monoisotopic (exact) mass is 354 g/mol. The lowest BCUT2D eigenvalue weighted by molar-refractivity contribution is -0.384. The van der Waals surface area contributed by atoms with Gasteiger partial charge in [-0.05, 0) is 6.07 Å². The van der Waals surface area contributed by atoms with Gasteiger partial charge in [-0.15, -0.1) is 0 Å². The van der Waals surface area contributed by atoms with Crippen molar-refractivity contribution in [3.63, 3.8) is 0 Å². The molecule has 0 N–H and O–H groups in total. The molecule has 6 heteroatoms. The Bertz CT molecular complexity index is 1040. The van der Waals surface area contributed by atoms with Crippen LogP contribution in [0.5, 0.6) is 0 Å². The standard InChI is InChI=1S/C21H14N4O2/c26-25(27)18-14-8-7-13-17(18)21-23-19(15-9-3-1-4-10-15)22-20(24-21)16-11-5-2-6-12-16/h1-14H. The fourth-order valence-electron chi connectivity index (χ4n) is 2.75. The van der Waals surface area contributed by atoms with Crippen LogP contribution < -0.4 is 0 Å². The highest BCUT2D eigenvalue weighted by Gasteiger charge is 2.19. The molecule has 0 saturated heterocycles. The maximum atomic E-state index is 11.4. The lowest BCUT2D eigenvalue weighted by atomic mass is 10.1. The van der Waals surface area contributed by atoms with Crippen molar-refractivity contribution in [1.29, 1.82) is 0 Å². The van der Waals surface area contributed by atoms with Crippen molar-refractivity contribution in [1.82, 2.24) is 15.0 Å². The first kappa shape index (κ1) is 16.5. The summed E-state index contributed by atoms with van der Waals surface area (Å²) in [5, 5.41) is 11.4. The van der Waals surface area contributed by atoms with Gasteiger partial charge in [-0.2, -0.15) is 0 Å². The van der Waals surface area contributed by atoms with Crippen LogP contribution in [0.3, 0.4) is 0 Å². The van der Waals surface area contributed by atoms with Crippen LogP contribution in [-0.2, 0) is 0 Å². The average molecular weight is 354 g/mol. The van der Waals surface area contributed by atoms with E-state index in [1.54, 1.807) is 18.2 Å². The summed E-state index contributed by atoms with van der Waals surface area (Å²) in [6, 6.07) is 25.4. The average Bonchev–Trinajstić information content (AvgIpc) is 2.74. The van der Waals surface area contributed by atoms with Crippen molar-refractivity contribution in [3.8, 4) is 34.2 Å². The molecular weight excluding hydrogens is 340 g/mol. The molecular formula is C21H14N4O2. The van der Waals surface area contributed by atoms with Crippen molar-refractivity contribution in [2.75, 3.05) is 0 Å². The van der Waals surface area contributed by atoms with Gasteiger partial charge in [0, 0.05) is 17.2 Å². The number of nitrogens with zero attached hydrogens (tertiary/aromatic N) is 4. The Morgan fingerprint density at radius 1 is 0.593 bits per heavy atom. The minimum absolute atomic E-state index is 0.0401. The Morgan fingerprint density at radius 2 is 1.04 bits per heavy atom. The highest BCUT2D eigenvalue weighted by atomic mass is 16.6. The molecule has 4 aromatic rings. The second kappa shape index (κ2) is 7.13. The smallest absolute Gasteiger partial charge is 0.258 e. The van der Waals surface area contributed by atoms with E-state index in [0.717, 1.165) is 11.1 Å². The van der Waals surface area contributed by atoms with E-state index in [4.69, 9.17) is 0 Å². The van der Waals surface area contributed by atoms with Crippen molar-refractivity contribution >= 4 is 5.69 Å². The Morgan fingerprint density at radius 3 is 1.56 bits per heavy atom. The van der Waals surface area contributed by atoms with Gasteiger partial charge in [-0.1, -0.05) is 72.8 Å². The topological polar surface area (TPSA) is 81.8 Å². The summed E-state index contributed by atoms with van der Waals surface area (Å²) in [4.78, 5) is 24.6. The third-order valence-electron chi connectivity index (χ3n) is 4.04. The molecule has 0 fully saturated rings. The number of hydrogen-bond donors (Lipinski definition) is 0. The number of hydrogen-bond acceptors (Lipinski definition) is 5. The number of aromatic nitrogens is 3. The summed E-state index contributed by atoms with van der Waals surface area (Å²) in [7, 11) is 0. The van der Waals surface area contributed by atoms with E-state index >= 15 is 0 Å². The van der Waals surface area contributed by atoms with Gasteiger partial charge in [-0.25, -0.2) is 15.0 Å². The first-order valence-electron chi connectivity index (χ1n) is 8.33. The zero-order chi connectivity index (χ0) is 18.6. The van der Waals surface area contributed by atoms with Crippen molar-refractivity contribution < 1.29 is 4.92 Å². The van der Waals surface area contributed by atoms with Gasteiger partial charge in [0.1, 0.15) is 0 Å². The predicted octanol–water partition coefficient (Wildman–Crippen LogP) is 4.78. The van der Waals surface area contributed by atoms with Crippen LogP contribution in [0.1, 0.15) is 0 Å². The summed E-state index contributed by atoms with van der Waals surface area (Å²) >= 11 is 0. The molecule has 0 atom stereocenters. The highest BCUT2D eigenvalue weighted by Crippen LogP contribution is 2.30. The number of rotatable bonds is 4. The van der Waals surface area contributed by atoms with E-state index in [2.05, 4.69) is 15.0 Å². The summed E-state index contributed by atoms with van der Waals surface area (Å²) in [5.74, 6) is 1.21. The molecule has 1 aromatic heterocycles. The van der Waals surface area contributed by atoms with Gasteiger partial charge in [0.2, 0.25) is 0 Å². The van der Waals surface area contributed by atoms with Crippen molar-refractivity contribution in [3.05, 3.63) is 95.0 Å². The zero-order valence-electron chi connectivity index (χ0n) is 14.2. The molecule has 0 aliphatic heterocycles. The number of nitro groups is 1. The summed E-state index contributed by atoms with van der Waals surface area (Å²) < 4.78 is 0. The lowest BCUT2D eigenvalue weighted by Crippen LogP contribution is -2.01. The Kier molecular flexibility index (Phi) is 4.37. The molecule has 130 valence electrons. The van der Waals surface area contributed by atoms with Gasteiger partial charge >= 0.3 is 0 Å². The molecule has 0 amide bonds. The lowest BCUT2D eigenvalue weighted by Gasteiger charge is -2.08. The maximum Gasteiger partial charge on any atom is 0.280 e. The minimum atomic E-state index is -0.427. The number of para-hydroxylation sites is 1. The van der Waals surface area contributed by atoms with Gasteiger partial charge < -0.3 is 0 Å². The molecule has 0 spiro atoms. The zero-order valence-corrected chi connectivity index (χ0v) is 14.2. The van der Waals surface area contributed by atoms with Gasteiger partial charge in [-0.3, -0.25) is 10.1 Å². The molecule has 3 aromatic carbocycles. The Labute approximate surface area is 155 Å². The largest absolute Gasteiger partial charge is 0.280 e. The SMILES string of the molecule is O=[N+]([O-])c1ccccc1-c1nc(-c2ccccc2)nc(-c2ccccc2)n1. The van der Waals surface area contributed by atoms with Crippen molar-refractivity contribution in [2.24, 2.45) is 0 Å². The van der Waals surface area contributed by atoms with Crippen LogP contribution in [0.2, 0.25) is 0 Å². The van der Waals surface area contributed by atoms with E-state index < -0.39 is 4.92 Å². The molecule has 6 nitrogen and oxygen atoms in total. The van der Waals surface area contributed by atoms with E-state index in [0.29, 0.717) is 17.2 Å². The molecule has 0 unspecified atom stereocenters. The maximum absolute atomic E-state index is 11.4. The first-order chi connectivity index (χ1) is 13.2. The first-order valence-corrected chi connectivity index (χ1v) is 8.33. The molecule has 0 saturated carbocycles. The second-order valence-corrected chi connectivity index (χ2v) is 5.81. The van der Waals surface area contributed by atoms with E-state index in [1.807, 2.05) is 60.7 Å². The molecule has 4 rings (SSSR count). The van der Waals surface area contributed by atoms with Crippen LogP contribution in [0, 0.1) is 10.1 Å². The highest BCUT2D eigenvalue weighted by molar-refractivity contribution is 5.71. The molecule has 0 bridgehead atoms. The van der Waals surface area contributed by atoms with Crippen molar-refractivity contribution in [2.45, 2.75) is 0 Å². The molecule has 1 heterocycles. The molecule has 27 heavy (non-hydrogen) atoms. The Hall–Kier alpha value is -3.93. The van der Waals surface area contributed by atoms with Gasteiger partial charge in [0.05, 0.1) is 10.5 Å². The fourth-order valence-corrected chi connectivity index (χ4v) is 2.75.